The lowest BCUT2D eigenvalue weighted by molar-refractivity contribution is -0.252. The molecule has 0 aliphatic heterocycles. The third-order valence-corrected chi connectivity index (χ3v) is 13.1. The molecular formula is C30H48O5. The predicted molar refractivity (Wildman–Crippen MR) is 135 cm³/mol. The molecular weight excluding hydrogens is 440 g/mol. The Bertz CT molecular complexity index is 941. The number of aliphatic carboxylic acids is 1. The Morgan fingerprint density at radius 2 is 1.63 bits per heavy atom. The lowest BCUT2D eigenvalue weighted by Gasteiger charge is -2.72. The van der Waals surface area contributed by atoms with Gasteiger partial charge in [0, 0.05) is 11.3 Å². The Morgan fingerprint density at radius 1 is 0.971 bits per heavy atom. The Hall–Kier alpha value is -0.910. The quantitative estimate of drug-likeness (QED) is 0.402. The molecule has 0 spiro atoms. The van der Waals surface area contributed by atoms with Crippen LogP contribution in [0.15, 0.2) is 11.6 Å². The number of aliphatic hydroxyl groups is 3. The topological polar surface area (TPSA) is 98.0 Å². The van der Waals surface area contributed by atoms with Gasteiger partial charge < -0.3 is 20.4 Å². The molecule has 198 valence electrons. The van der Waals surface area contributed by atoms with E-state index in [-0.39, 0.29) is 40.1 Å². The Morgan fingerprint density at radius 3 is 2.26 bits per heavy atom. The number of rotatable bonds is 2. The minimum absolute atomic E-state index is 0.0545. The molecule has 0 radical (unpaired) electrons. The Balaban J connectivity index is 1.63. The van der Waals surface area contributed by atoms with E-state index in [0.717, 1.165) is 38.5 Å². The van der Waals surface area contributed by atoms with Crippen LogP contribution in [0.25, 0.3) is 0 Å². The third-order valence-electron chi connectivity index (χ3n) is 13.1. The first kappa shape index (κ1) is 25.7. The average molecular weight is 489 g/mol. The monoisotopic (exact) mass is 488 g/mol. The molecule has 0 aromatic heterocycles. The van der Waals surface area contributed by atoms with E-state index >= 15 is 0 Å². The van der Waals surface area contributed by atoms with Gasteiger partial charge in [-0.25, -0.2) is 0 Å². The predicted octanol–water partition coefficient (Wildman–Crippen LogP) is 5.18. The van der Waals surface area contributed by atoms with Gasteiger partial charge in [-0.1, -0.05) is 53.2 Å². The van der Waals surface area contributed by atoms with Crippen LogP contribution in [-0.4, -0.2) is 45.2 Å². The molecule has 35 heavy (non-hydrogen) atoms. The molecule has 10 atom stereocenters. The summed E-state index contributed by atoms with van der Waals surface area (Å²) in [6.07, 6.45) is 8.44. The second-order valence-electron chi connectivity index (χ2n) is 15.1. The van der Waals surface area contributed by atoms with Gasteiger partial charge in [0.05, 0.1) is 24.2 Å². The van der Waals surface area contributed by atoms with Crippen molar-refractivity contribution in [2.45, 2.75) is 112 Å². The van der Waals surface area contributed by atoms with Crippen LogP contribution < -0.4 is 0 Å². The van der Waals surface area contributed by atoms with Crippen molar-refractivity contribution in [3.63, 3.8) is 0 Å². The van der Waals surface area contributed by atoms with Gasteiger partial charge >= 0.3 is 5.97 Å². The number of carboxylic acid groups (broad SMARTS) is 1. The average Bonchev–Trinajstić information content (AvgIpc) is 2.76. The zero-order chi connectivity index (χ0) is 25.8. The lowest BCUT2D eigenvalue weighted by Crippen LogP contribution is -2.69. The molecule has 0 unspecified atom stereocenters. The molecule has 0 amide bonds. The molecule has 4 saturated carbocycles. The first-order valence-electron chi connectivity index (χ1n) is 14.0. The Labute approximate surface area is 211 Å². The number of allylic oxidation sites excluding steroid dienone is 2. The van der Waals surface area contributed by atoms with E-state index in [2.05, 4.69) is 40.7 Å². The van der Waals surface area contributed by atoms with E-state index in [1.807, 2.05) is 6.92 Å². The van der Waals surface area contributed by atoms with Crippen molar-refractivity contribution in [2.24, 2.45) is 50.2 Å². The van der Waals surface area contributed by atoms with E-state index < -0.39 is 29.0 Å². The van der Waals surface area contributed by atoms with Gasteiger partial charge in [0.15, 0.2) is 0 Å². The minimum Gasteiger partial charge on any atom is -0.481 e. The number of carbonyl (C=O) groups is 1. The van der Waals surface area contributed by atoms with Crippen molar-refractivity contribution in [3.8, 4) is 0 Å². The van der Waals surface area contributed by atoms with Crippen molar-refractivity contribution in [1.82, 2.24) is 0 Å². The molecule has 0 bridgehead atoms. The maximum absolute atomic E-state index is 12.8. The first-order valence-corrected chi connectivity index (χ1v) is 14.0. The maximum atomic E-state index is 12.8. The second-order valence-corrected chi connectivity index (χ2v) is 15.1. The van der Waals surface area contributed by atoms with Gasteiger partial charge in [-0.15, -0.1) is 0 Å². The largest absolute Gasteiger partial charge is 0.481 e. The van der Waals surface area contributed by atoms with Crippen LogP contribution in [0, 0.1) is 50.2 Å². The van der Waals surface area contributed by atoms with Crippen LogP contribution in [0.5, 0.6) is 0 Å². The fourth-order valence-electron chi connectivity index (χ4n) is 10.8. The van der Waals surface area contributed by atoms with Gasteiger partial charge in [0.2, 0.25) is 0 Å². The fraction of sp³-hybridized carbons (Fsp3) is 0.900. The molecule has 5 aliphatic rings. The maximum Gasteiger partial charge on any atom is 0.310 e. The molecule has 0 aromatic carbocycles. The summed E-state index contributed by atoms with van der Waals surface area (Å²) < 4.78 is 0. The normalized spacial score (nSPS) is 55.0. The summed E-state index contributed by atoms with van der Waals surface area (Å²) in [7, 11) is 0. The number of fused-ring (bicyclic) bond motifs is 7. The molecule has 5 nitrogen and oxygen atoms in total. The van der Waals surface area contributed by atoms with E-state index in [1.165, 1.54) is 5.57 Å². The molecule has 5 aliphatic carbocycles. The highest BCUT2D eigenvalue weighted by molar-refractivity contribution is 5.76. The van der Waals surface area contributed by atoms with Crippen LogP contribution in [0.4, 0.5) is 0 Å². The number of hydrogen-bond acceptors (Lipinski definition) is 4. The zero-order valence-electron chi connectivity index (χ0n) is 22.7. The van der Waals surface area contributed by atoms with Crippen molar-refractivity contribution >= 4 is 5.97 Å². The standard InChI is InChI=1S/C30H48O5/c1-25(2)11-13-30(24(34)35)14-12-28(5)18(19(30)15-25)7-8-21-26(3)10-9-22(33)27(4,17-31)23(26)20(32)16-29(21,28)6/h7,19-23,31-33H,8-17H2,1-6H3,(H,34,35)/t19-,20-,21-,22-,23+,26+,27+,28-,29-,30+/m0/s1. The van der Waals surface area contributed by atoms with E-state index in [0.29, 0.717) is 25.2 Å². The zero-order valence-corrected chi connectivity index (χ0v) is 22.7. The van der Waals surface area contributed by atoms with E-state index in [1.54, 1.807) is 0 Å². The summed E-state index contributed by atoms with van der Waals surface area (Å²) >= 11 is 0. The first-order chi connectivity index (χ1) is 16.1. The van der Waals surface area contributed by atoms with Crippen LogP contribution in [0.3, 0.4) is 0 Å². The van der Waals surface area contributed by atoms with Gasteiger partial charge in [-0.2, -0.15) is 0 Å². The number of carboxylic acids is 1. The van der Waals surface area contributed by atoms with Crippen molar-refractivity contribution < 1.29 is 25.2 Å². The molecule has 0 saturated heterocycles. The highest BCUT2D eigenvalue weighted by atomic mass is 16.4. The smallest absolute Gasteiger partial charge is 0.310 e. The van der Waals surface area contributed by atoms with Gasteiger partial charge in [-0.05, 0) is 91.3 Å². The summed E-state index contributed by atoms with van der Waals surface area (Å²) in [5.74, 6) is -0.400. The molecule has 5 rings (SSSR count). The fourth-order valence-corrected chi connectivity index (χ4v) is 10.8. The lowest BCUT2D eigenvalue weighted by atomic mass is 9.33. The third kappa shape index (κ3) is 3.07. The molecule has 4 N–H and O–H groups in total. The van der Waals surface area contributed by atoms with Crippen molar-refractivity contribution in [2.75, 3.05) is 6.61 Å². The van der Waals surface area contributed by atoms with Gasteiger partial charge in [0.1, 0.15) is 0 Å². The minimum atomic E-state index is -0.711. The Kier molecular flexibility index (Phi) is 5.56. The molecule has 5 heteroatoms. The molecule has 4 fully saturated rings. The summed E-state index contributed by atoms with van der Waals surface area (Å²) in [6, 6.07) is 0. The summed E-state index contributed by atoms with van der Waals surface area (Å²) in [4.78, 5) is 12.8. The van der Waals surface area contributed by atoms with Crippen molar-refractivity contribution in [1.29, 1.82) is 0 Å². The molecule has 0 heterocycles. The number of hydrogen-bond donors (Lipinski definition) is 4. The van der Waals surface area contributed by atoms with Crippen molar-refractivity contribution in [3.05, 3.63) is 11.6 Å². The summed E-state index contributed by atoms with van der Waals surface area (Å²) in [5, 5.41) is 43.6. The van der Waals surface area contributed by atoms with Crippen LogP contribution in [0.2, 0.25) is 0 Å². The van der Waals surface area contributed by atoms with E-state index in [4.69, 9.17) is 0 Å². The van der Waals surface area contributed by atoms with Gasteiger partial charge in [0.25, 0.3) is 0 Å². The van der Waals surface area contributed by atoms with Crippen LogP contribution in [-0.2, 0) is 4.79 Å². The van der Waals surface area contributed by atoms with Crippen LogP contribution >= 0.6 is 0 Å². The van der Waals surface area contributed by atoms with Gasteiger partial charge in [-0.3, -0.25) is 4.79 Å². The summed E-state index contributed by atoms with van der Waals surface area (Å²) in [6.45, 7) is 13.5. The second kappa shape index (κ2) is 7.57. The highest BCUT2D eigenvalue weighted by Crippen LogP contribution is 2.75. The van der Waals surface area contributed by atoms with Crippen LogP contribution in [0.1, 0.15) is 99.3 Å². The molecule has 0 aromatic rings. The SMILES string of the molecule is CC1(C)CC[C@@]2(C(=O)O)CC[C@@]3(C)C(=CC[C@H]4[C@@]5(C)CC[C@H](O)[C@@](C)(CO)[C@@H]5[C@@H](O)C[C@@]43C)[C@@H]2C1. The summed E-state index contributed by atoms with van der Waals surface area (Å²) in [5.41, 5.74) is -0.397. The number of aliphatic hydroxyl groups excluding tert-OH is 3. The van der Waals surface area contributed by atoms with E-state index in [9.17, 15) is 25.2 Å². The highest BCUT2D eigenvalue weighted by Gasteiger charge is 2.71.